The minimum atomic E-state index is 0.616. The van der Waals surface area contributed by atoms with Gasteiger partial charge in [0.25, 0.3) is 0 Å². The summed E-state index contributed by atoms with van der Waals surface area (Å²) >= 11 is 0. The van der Waals surface area contributed by atoms with Crippen molar-refractivity contribution in [3.8, 4) is 62.1 Å². The number of aromatic nitrogens is 4. The zero-order valence-electron chi connectivity index (χ0n) is 30.2. The fourth-order valence-electron chi connectivity index (χ4n) is 8.00. The number of para-hydroxylation sites is 3. The van der Waals surface area contributed by atoms with E-state index in [4.69, 9.17) is 19.4 Å². The van der Waals surface area contributed by atoms with Gasteiger partial charge >= 0.3 is 0 Å². The van der Waals surface area contributed by atoms with Gasteiger partial charge in [0.05, 0.1) is 16.4 Å². The van der Waals surface area contributed by atoms with E-state index in [-0.39, 0.29) is 0 Å². The lowest BCUT2D eigenvalue weighted by atomic mass is 10.00. The van der Waals surface area contributed by atoms with Crippen LogP contribution in [0.4, 0.5) is 0 Å². The van der Waals surface area contributed by atoms with Crippen molar-refractivity contribution in [1.29, 1.82) is 0 Å². The highest BCUT2D eigenvalue weighted by atomic mass is 16.3. The molecule has 0 aliphatic heterocycles. The second-order valence-corrected chi connectivity index (χ2v) is 14.0. The average molecular weight is 717 g/mol. The highest BCUT2D eigenvalue weighted by molar-refractivity contribution is 6.25. The summed E-state index contributed by atoms with van der Waals surface area (Å²) < 4.78 is 9.14. The Morgan fingerprint density at radius 1 is 0.357 bits per heavy atom. The molecule has 0 atom stereocenters. The van der Waals surface area contributed by atoms with E-state index in [0.717, 1.165) is 66.5 Å². The summed E-state index contributed by atoms with van der Waals surface area (Å²) in [7, 11) is 0. The summed E-state index contributed by atoms with van der Waals surface area (Å²) in [6.45, 7) is 0. The molecule has 3 heterocycles. The van der Waals surface area contributed by atoms with Crippen molar-refractivity contribution in [2.45, 2.75) is 0 Å². The van der Waals surface area contributed by atoms with Gasteiger partial charge in [0.2, 0.25) is 0 Å². The third kappa shape index (κ3) is 5.29. The van der Waals surface area contributed by atoms with E-state index in [9.17, 15) is 0 Å². The van der Waals surface area contributed by atoms with Crippen molar-refractivity contribution in [2.75, 3.05) is 0 Å². The molecule has 0 spiro atoms. The SMILES string of the molecule is c1ccc(-c2ccc(-c3nc(-c4ccccc4)nc(-c4ccc(-c5cccc6c5oc5ccc7c8ccccc8n(-c8ccccc8)c7c56)cc4)n3)cc2)cc1. The van der Waals surface area contributed by atoms with Crippen LogP contribution < -0.4 is 0 Å². The van der Waals surface area contributed by atoms with Gasteiger partial charge in [-0.05, 0) is 47.0 Å². The Hall–Kier alpha value is -7.63. The predicted molar refractivity (Wildman–Crippen MR) is 229 cm³/mol. The van der Waals surface area contributed by atoms with Crippen LogP contribution in [0.25, 0.3) is 106 Å². The summed E-state index contributed by atoms with van der Waals surface area (Å²) in [4.78, 5) is 14.9. The molecule has 3 aromatic heterocycles. The lowest BCUT2D eigenvalue weighted by Gasteiger charge is -2.10. The van der Waals surface area contributed by atoms with Crippen molar-refractivity contribution in [3.63, 3.8) is 0 Å². The normalized spacial score (nSPS) is 11.6. The van der Waals surface area contributed by atoms with E-state index in [1.165, 1.54) is 21.9 Å². The molecule has 5 nitrogen and oxygen atoms in total. The second kappa shape index (κ2) is 13.0. The maximum atomic E-state index is 6.77. The highest BCUT2D eigenvalue weighted by Crippen LogP contribution is 2.43. The number of benzene rings is 8. The van der Waals surface area contributed by atoms with E-state index < -0.39 is 0 Å². The Bertz CT molecular complexity index is 3200. The van der Waals surface area contributed by atoms with Crippen molar-refractivity contribution in [3.05, 3.63) is 194 Å². The van der Waals surface area contributed by atoms with Crippen molar-refractivity contribution in [1.82, 2.24) is 19.5 Å². The van der Waals surface area contributed by atoms with Gasteiger partial charge in [-0.25, -0.2) is 15.0 Å². The fraction of sp³-hybridized carbons (Fsp3) is 0. The Labute approximate surface area is 322 Å². The zero-order valence-corrected chi connectivity index (χ0v) is 30.2. The topological polar surface area (TPSA) is 56.7 Å². The average Bonchev–Trinajstić information content (AvgIpc) is 3.83. The molecule has 56 heavy (non-hydrogen) atoms. The number of fused-ring (bicyclic) bond motifs is 7. The van der Waals surface area contributed by atoms with Crippen molar-refractivity contribution < 1.29 is 4.42 Å². The van der Waals surface area contributed by atoms with Gasteiger partial charge in [0, 0.05) is 44.1 Å². The van der Waals surface area contributed by atoms with Crippen LogP contribution in [-0.2, 0) is 0 Å². The first-order chi connectivity index (χ1) is 27.8. The minimum absolute atomic E-state index is 0.616. The number of rotatable bonds is 6. The Morgan fingerprint density at radius 3 is 1.52 bits per heavy atom. The van der Waals surface area contributed by atoms with E-state index >= 15 is 0 Å². The van der Waals surface area contributed by atoms with Gasteiger partial charge in [0.15, 0.2) is 17.5 Å². The van der Waals surface area contributed by atoms with Crippen LogP contribution in [-0.4, -0.2) is 19.5 Å². The molecular weight excluding hydrogens is 685 g/mol. The Kier molecular flexibility index (Phi) is 7.42. The lowest BCUT2D eigenvalue weighted by Crippen LogP contribution is -2.00. The summed E-state index contributed by atoms with van der Waals surface area (Å²) in [5.74, 6) is 1.88. The van der Waals surface area contributed by atoms with Gasteiger partial charge in [-0.1, -0.05) is 164 Å². The molecule has 0 saturated heterocycles. The van der Waals surface area contributed by atoms with Crippen LogP contribution in [0.2, 0.25) is 0 Å². The minimum Gasteiger partial charge on any atom is -0.455 e. The zero-order chi connectivity index (χ0) is 37.0. The number of hydrogen-bond acceptors (Lipinski definition) is 4. The molecule has 11 aromatic rings. The summed E-state index contributed by atoms with van der Waals surface area (Å²) in [6.07, 6.45) is 0. The second-order valence-electron chi connectivity index (χ2n) is 14.0. The molecule has 0 fully saturated rings. The van der Waals surface area contributed by atoms with Crippen LogP contribution >= 0.6 is 0 Å². The molecule has 5 heteroatoms. The number of hydrogen-bond donors (Lipinski definition) is 0. The molecule has 0 saturated carbocycles. The first-order valence-electron chi connectivity index (χ1n) is 18.8. The van der Waals surface area contributed by atoms with E-state index in [2.05, 4.69) is 162 Å². The van der Waals surface area contributed by atoms with E-state index in [1.54, 1.807) is 0 Å². The first kappa shape index (κ1) is 31.9. The van der Waals surface area contributed by atoms with E-state index in [1.807, 2.05) is 36.4 Å². The summed E-state index contributed by atoms with van der Waals surface area (Å²) in [5.41, 5.74) is 12.3. The fourth-order valence-corrected chi connectivity index (χ4v) is 8.00. The Balaban J connectivity index is 1.02. The van der Waals surface area contributed by atoms with Gasteiger partial charge in [-0.2, -0.15) is 0 Å². The molecule has 0 unspecified atom stereocenters. The van der Waals surface area contributed by atoms with Crippen LogP contribution in [0.5, 0.6) is 0 Å². The third-order valence-corrected chi connectivity index (χ3v) is 10.7. The summed E-state index contributed by atoms with van der Waals surface area (Å²) in [5, 5.41) is 4.61. The van der Waals surface area contributed by atoms with Gasteiger partial charge in [-0.15, -0.1) is 0 Å². The summed E-state index contributed by atoms with van der Waals surface area (Å²) in [6, 6.07) is 67.3. The van der Waals surface area contributed by atoms with Crippen molar-refractivity contribution >= 4 is 43.7 Å². The predicted octanol–water partition coefficient (Wildman–Crippen LogP) is 13.2. The number of furan rings is 1. The van der Waals surface area contributed by atoms with Gasteiger partial charge in [0.1, 0.15) is 11.2 Å². The lowest BCUT2D eigenvalue weighted by molar-refractivity contribution is 0.670. The quantitative estimate of drug-likeness (QED) is 0.172. The smallest absolute Gasteiger partial charge is 0.164 e. The van der Waals surface area contributed by atoms with Crippen LogP contribution in [0.15, 0.2) is 199 Å². The van der Waals surface area contributed by atoms with E-state index in [0.29, 0.717) is 17.5 Å². The van der Waals surface area contributed by atoms with Crippen LogP contribution in [0.1, 0.15) is 0 Å². The molecular formula is C51H32N4O. The molecule has 0 aliphatic rings. The maximum Gasteiger partial charge on any atom is 0.164 e. The van der Waals surface area contributed by atoms with Crippen LogP contribution in [0, 0.1) is 0 Å². The third-order valence-electron chi connectivity index (χ3n) is 10.7. The molecule has 0 bridgehead atoms. The van der Waals surface area contributed by atoms with Crippen molar-refractivity contribution in [2.24, 2.45) is 0 Å². The number of nitrogens with zero attached hydrogens (tertiary/aromatic N) is 4. The molecule has 0 aliphatic carbocycles. The molecule has 0 radical (unpaired) electrons. The molecule has 0 N–H and O–H groups in total. The standard InChI is InChI=1S/C51H32N4O/c1-4-13-33(14-5-1)34-23-27-37(28-24-34)50-52-49(36-15-6-2-7-16-36)53-51(54-50)38-29-25-35(26-30-38)40-20-12-21-43-46-45(56-48(40)43)32-31-42-41-19-10-11-22-44(41)55(47(42)46)39-17-8-3-9-18-39/h1-32H. The van der Waals surface area contributed by atoms with Gasteiger partial charge in [-0.3, -0.25) is 0 Å². The van der Waals surface area contributed by atoms with Gasteiger partial charge < -0.3 is 8.98 Å². The van der Waals surface area contributed by atoms with Crippen LogP contribution in [0.3, 0.4) is 0 Å². The largest absolute Gasteiger partial charge is 0.455 e. The molecule has 8 aromatic carbocycles. The molecule has 0 amide bonds. The first-order valence-corrected chi connectivity index (χ1v) is 18.8. The highest BCUT2D eigenvalue weighted by Gasteiger charge is 2.21. The monoisotopic (exact) mass is 716 g/mol. The maximum absolute atomic E-state index is 6.77. The Morgan fingerprint density at radius 2 is 0.857 bits per heavy atom. The molecule has 262 valence electrons. The molecule has 11 rings (SSSR count).